The van der Waals surface area contributed by atoms with Gasteiger partial charge >= 0.3 is 0 Å². The number of carbonyl (C=O) groups is 3. The number of primary amides is 3. The first-order chi connectivity index (χ1) is 38.7. The van der Waals surface area contributed by atoms with Crippen LogP contribution in [0.4, 0.5) is 0 Å². The molecule has 6 heterocycles. The number of amides is 3. The summed E-state index contributed by atoms with van der Waals surface area (Å²) in [5, 5.41) is 68.5. The maximum Gasteiger partial charge on any atom is 0.252 e. The Morgan fingerprint density at radius 2 is 0.889 bits per heavy atom. The molecule has 3 aromatic carbocycles. The molecule has 12 N–H and O–H groups in total. The highest BCUT2D eigenvalue weighted by molar-refractivity contribution is 5.98. The van der Waals surface area contributed by atoms with Gasteiger partial charge in [0.05, 0.1) is 68.1 Å². The van der Waals surface area contributed by atoms with Crippen molar-refractivity contribution in [2.24, 2.45) is 23.1 Å². The molecule has 3 amide bonds. The maximum absolute atomic E-state index is 12.1. The molecule has 15 atom stereocenters. The minimum atomic E-state index is -0.993. The number of piperidine rings is 3. The second-order valence-corrected chi connectivity index (χ2v) is 26.6. The van der Waals surface area contributed by atoms with Crippen LogP contribution in [0.3, 0.4) is 0 Å². The lowest BCUT2D eigenvalue weighted by molar-refractivity contribution is -0.208. The Kier molecular flexibility index (Phi) is 12.1. The Bertz CT molecular complexity index is 3240. The normalized spacial score (nSPS) is 39.8. The molecule has 3 saturated heterocycles. The van der Waals surface area contributed by atoms with Crippen LogP contribution in [0, 0.1) is 5.92 Å². The molecule has 7 aliphatic carbocycles. The van der Waals surface area contributed by atoms with Gasteiger partial charge in [0.15, 0.2) is 0 Å². The van der Waals surface area contributed by atoms with Gasteiger partial charge in [0.25, 0.3) is 17.7 Å². The van der Waals surface area contributed by atoms with Crippen LogP contribution in [0.2, 0.25) is 0 Å². The number of aliphatic hydroxyl groups excluding tert-OH is 3. The van der Waals surface area contributed by atoms with Gasteiger partial charge in [0.2, 0.25) is 0 Å². The van der Waals surface area contributed by atoms with E-state index in [1.807, 2.05) is 24.3 Å². The minimum absolute atomic E-state index is 0.0340. The number of aliphatic hydroxyl groups is 6. The molecule has 0 unspecified atom stereocenters. The number of hydrogen-bond acceptors (Lipinski definition) is 15. The van der Waals surface area contributed by atoms with Crippen molar-refractivity contribution >= 4 is 17.7 Å². The first kappa shape index (κ1) is 53.6. The zero-order valence-electron chi connectivity index (χ0n) is 46.4. The van der Waals surface area contributed by atoms with Gasteiger partial charge in [-0.2, -0.15) is 0 Å². The number of nitrogens with two attached hydrogens (primary N) is 3. The summed E-state index contributed by atoms with van der Waals surface area (Å²) in [6, 6.07) is 11.1. The molecule has 3 aromatic rings. The number of ether oxygens (including phenoxy) is 3. The standard InChI is InChI=1S/C22H28N2O4.C21H26N2O4.C20H24N2O4/c1-12(2)6-9-24-10-8-21-17-13-3-4-14(20(23)26)18(17)28-19(21)15(25)5-7-22(21,27)16(24)11-13;22-19(25)13-4-3-12-9-15-21(26)6-5-14(24)18-20(21,16(12)17(13)27-18)7-8-23(15)10-11-1-2-11;1-2-8-22-9-7-19-15-11-3-4-12(18(21)24)16(15)26-17(19)13(23)5-6-20(19,25)14(22)10-11/h3-4,6,15-16,19,25,27H,5,7-11H2,1-2H3,(H2,23,26);3-4,11,14-15,18,24,26H,1-2,5-10H2,(H2,22,25);2-4,13-14,17,23,25H,1,5-10H2,(H2,21,24)/t15-,16-,19+,21+,22-;14-,15-,18+,20+,21-;13-,14-,17+,19+,20-/m111/s1. The highest BCUT2D eigenvalue weighted by Crippen LogP contribution is 2.68. The summed E-state index contributed by atoms with van der Waals surface area (Å²) in [6.45, 7) is 13.1. The molecular weight excluding hydrogens is 1030 g/mol. The van der Waals surface area contributed by atoms with E-state index in [0.717, 1.165) is 91.4 Å². The predicted octanol–water partition coefficient (Wildman–Crippen LogP) is 2.46. The fraction of sp³-hybridized carbons (Fsp3) is 0.603. The van der Waals surface area contributed by atoms with Gasteiger partial charge in [-0.3, -0.25) is 29.1 Å². The van der Waals surface area contributed by atoms with E-state index >= 15 is 0 Å². The molecular formula is C63H78N6O12. The van der Waals surface area contributed by atoms with E-state index in [1.54, 1.807) is 18.2 Å². The van der Waals surface area contributed by atoms with Crippen LogP contribution in [0.1, 0.15) is 149 Å². The molecule has 6 aliphatic heterocycles. The molecule has 13 aliphatic rings. The molecule has 432 valence electrons. The van der Waals surface area contributed by atoms with Gasteiger partial charge in [0.1, 0.15) is 35.6 Å². The zero-order valence-corrected chi connectivity index (χ0v) is 46.4. The van der Waals surface area contributed by atoms with Gasteiger partial charge in [-0.15, -0.1) is 6.58 Å². The number of rotatable bonds is 9. The van der Waals surface area contributed by atoms with Crippen LogP contribution in [0.15, 0.2) is 60.7 Å². The lowest BCUT2D eigenvalue weighted by Crippen LogP contribution is -2.77. The first-order valence-corrected chi connectivity index (χ1v) is 29.7. The summed E-state index contributed by atoms with van der Waals surface area (Å²) in [6.07, 6.45) is 10.5. The number of carbonyl (C=O) groups excluding carboxylic acids is 3. The van der Waals surface area contributed by atoms with Crippen molar-refractivity contribution in [3.05, 3.63) is 111 Å². The quantitative estimate of drug-likeness (QED) is 0.139. The van der Waals surface area contributed by atoms with Gasteiger partial charge in [0, 0.05) is 54.5 Å². The third-order valence-electron chi connectivity index (χ3n) is 22.8. The Labute approximate surface area is 471 Å². The Morgan fingerprint density at radius 3 is 1.22 bits per heavy atom. The third kappa shape index (κ3) is 6.96. The minimum Gasteiger partial charge on any atom is -0.486 e. The average Bonchev–Trinajstić information content (AvgIpc) is 2.06. The number of hydrogen-bond donors (Lipinski definition) is 9. The molecule has 4 saturated carbocycles. The van der Waals surface area contributed by atoms with E-state index in [9.17, 15) is 45.0 Å². The predicted molar refractivity (Wildman–Crippen MR) is 297 cm³/mol. The third-order valence-corrected chi connectivity index (χ3v) is 22.8. The topological polar surface area (TPSA) is 288 Å². The first-order valence-electron chi connectivity index (χ1n) is 29.7. The van der Waals surface area contributed by atoms with Gasteiger partial charge in [-0.25, -0.2) is 0 Å². The molecule has 0 aromatic heterocycles. The van der Waals surface area contributed by atoms with E-state index in [2.05, 4.69) is 41.2 Å². The van der Waals surface area contributed by atoms with Crippen molar-refractivity contribution in [2.45, 2.75) is 192 Å². The molecule has 16 rings (SSSR count). The molecule has 7 fully saturated rings. The van der Waals surface area contributed by atoms with Crippen LogP contribution in [-0.4, -0.2) is 174 Å². The maximum atomic E-state index is 12.1. The Hall–Kier alpha value is -5.41. The number of benzene rings is 3. The number of nitrogens with zero attached hydrogens (tertiary/aromatic N) is 3. The van der Waals surface area contributed by atoms with Gasteiger partial charge < -0.3 is 62.1 Å². The number of likely N-dealkylation sites (tertiary alicyclic amines) is 3. The van der Waals surface area contributed by atoms with Crippen molar-refractivity contribution < 1.29 is 59.2 Å². The summed E-state index contributed by atoms with van der Waals surface area (Å²) in [5.74, 6) is 0.658. The smallest absolute Gasteiger partial charge is 0.252 e. The second kappa shape index (κ2) is 18.3. The zero-order chi connectivity index (χ0) is 56.7. The van der Waals surface area contributed by atoms with Crippen LogP contribution >= 0.6 is 0 Å². The van der Waals surface area contributed by atoms with Crippen LogP contribution in [-0.2, 0) is 35.5 Å². The molecule has 18 heteroatoms. The van der Waals surface area contributed by atoms with E-state index in [4.69, 9.17) is 31.4 Å². The summed E-state index contributed by atoms with van der Waals surface area (Å²) < 4.78 is 18.7. The van der Waals surface area contributed by atoms with Gasteiger partial charge in [-0.1, -0.05) is 35.9 Å². The van der Waals surface area contributed by atoms with Crippen molar-refractivity contribution in [1.82, 2.24) is 14.7 Å². The van der Waals surface area contributed by atoms with E-state index in [-0.39, 0.29) is 18.1 Å². The van der Waals surface area contributed by atoms with Crippen LogP contribution < -0.4 is 31.4 Å². The molecule has 3 spiro atoms. The summed E-state index contributed by atoms with van der Waals surface area (Å²) >= 11 is 0. The Balaban J connectivity index is 0.000000109. The molecule has 18 nitrogen and oxygen atoms in total. The molecule has 6 bridgehead atoms. The van der Waals surface area contributed by atoms with E-state index < -0.39 is 87.4 Å². The van der Waals surface area contributed by atoms with Crippen LogP contribution in [0.25, 0.3) is 0 Å². The molecule has 0 radical (unpaired) electrons. The van der Waals surface area contributed by atoms with Crippen molar-refractivity contribution in [3.63, 3.8) is 0 Å². The van der Waals surface area contributed by atoms with Crippen molar-refractivity contribution in [1.29, 1.82) is 0 Å². The summed E-state index contributed by atoms with van der Waals surface area (Å²) in [7, 11) is 0. The molecule has 81 heavy (non-hydrogen) atoms. The van der Waals surface area contributed by atoms with Crippen molar-refractivity contribution in [2.75, 3.05) is 39.3 Å². The highest BCUT2D eigenvalue weighted by atomic mass is 16.5. The van der Waals surface area contributed by atoms with E-state index in [0.29, 0.717) is 98.1 Å². The fourth-order valence-corrected chi connectivity index (χ4v) is 19.2. The average molecular weight is 1110 g/mol. The van der Waals surface area contributed by atoms with Crippen LogP contribution in [0.5, 0.6) is 17.2 Å². The highest BCUT2D eigenvalue weighted by Gasteiger charge is 2.76. The summed E-state index contributed by atoms with van der Waals surface area (Å²) in [5.41, 5.74) is 20.3. The monoisotopic (exact) mass is 1110 g/mol. The Morgan fingerprint density at radius 1 is 0.543 bits per heavy atom. The number of allylic oxidation sites excluding steroid dienone is 1. The fourth-order valence-electron chi connectivity index (χ4n) is 19.2. The van der Waals surface area contributed by atoms with Gasteiger partial charge in [-0.05, 0) is 164 Å². The van der Waals surface area contributed by atoms with E-state index in [1.165, 1.54) is 18.4 Å². The second-order valence-electron chi connectivity index (χ2n) is 26.6. The van der Waals surface area contributed by atoms with Crippen molar-refractivity contribution in [3.8, 4) is 17.2 Å². The summed E-state index contributed by atoms with van der Waals surface area (Å²) in [4.78, 5) is 43.1. The SMILES string of the molecule is C=CCN1CC[C@]23c4c5ccc(C(N)=O)c4O[C@H]2[C@H](O)CC[C@@]3(O)[C@H]1C5.CC(C)=CCN1CC[C@]23c4c5ccc(C(N)=O)c4O[C@H]2[C@H](O)CC[C@@]3(O)[C@H]1C5.NC(=O)c1ccc2c3c1O[C@H]1[C@H](O)CC[C@@]4(O)[C@@H](C2)N(CC2CC2)CC[C@]314. The lowest BCUT2D eigenvalue weighted by Gasteiger charge is -2.63. The lowest BCUT2D eigenvalue weighted by atomic mass is 9.48. The largest absolute Gasteiger partial charge is 0.486 e.